The number of thiocarbonyl (C=S) groups is 1. The molecule has 0 spiro atoms. The van der Waals surface area contributed by atoms with Gasteiger partial charge in [-0.1, -0.05) is 19.1 Å². The number of benzene rings is 1. The number of rotatable bonds is 4. The molecule has 2 aromatic rings. The second kappa shape index (κ2) is 6.52. The molecule has 0 bridgehead atoms. The van der Waals surface area contributed by atoms with Crippen molar-refractivity contribution in [2.45, 2.75) is 19.9 Å². The molecule has 2 rings (SSSR count). The number of hydrogen-bond acceptors (Lipinski definition) is 2. The third kappa shape index (κ3) is 3.57. The molecule has 0 aliphatic rings. The lowest BCUT2D eigenvalue weighted by Crippen LogP contribution is -2.31. The van der Waals surface area contributed by atoms with Gasteiger partial charge in [0.1, 0.15) is 0 Å². The van der Waals surface area contributed by atoms with Gasteiger partial charge in [-0.3, -0.25) is 4.68 Å². The van der Waals surface area contributed by atoms with Crippen molar-refractivity contribution in [2.24, 2.45) is 7.05 Å². The van der Waals surface area contributed by atoms with Crippen LogP contribution in [0.3, 0.4) is 0 Å². The van der Waals surface area contributed by atoms with Crippen molar-refractivity contribution in [2.75, 3.05) is 12.4 Å². The second-order valence-electron chi connectivity index (χ2n) is 4.78. The Morgan fingerprint density at radius 2 is 2.00 bits per heavy atom. The normalized spacial score (nSPS) is 10.3. The molecule has 5 heteroatoms. The molecule has 0 amide bonds. The molecule has 0 fully saturated rings. The zero-order chi connectivity index (χ0) is 14.5. The first kappa shape index (κ1) is 14.5. The molecular formula is C15H20N4S. The summed E-state index contributed by atoms with van der Waals surface area (Å²) in [5.74, 6) is 0. The van der Waals surface area contributed by atoms with Crippen LogP contribution in [0, 0.1) is 0 Å². The number of hydrogen-bond donors (Lipinski definition) is 1. The van der Waals surface area contributed by atoms with E-state index in [0.29, 0.717) is 5.11 Å². The summed E-state index contributed by atoms with van der Waals surface area (Å²) in [7, 11) is 3.91. The summed E-state index contributed by atoms with van der Waals surface area (Å²) < 4.78 is 1.86. The fourth-order valence-corrected chi connectivity index (χ4v) is 2.10. The Morgan fingerprint density at radius 1 is 1.30 bits per heavy atom. The fraction of sp³-hybridized carbons (Fsp3) is 0.333. The Balaban J connectivity index is 1.95. The Bertz CT molecular complexity index is 574. The van der Waals surface area contributed by atoms with Gasteiger partial charge in [-0.05, 0) is 42.4 Å². The van der Waals surface area contributed by atoms with Gasteiger partial charge in [0.15, 0.2) is 5.11 Å². The Hall–Kier alpha value is -1.88. The molecule has 1 N–H and O–H groups in total. The molecule has 0 unspecified atom stereocenters. The van der Waals surface area contributed by atoms with Crippen molar-refractivity contribution in [3.63, 3.8) is 0 Å². The third-order valence-electron chi connectivity index (χ3n) is 3.28. The van der Waals surface area contributed by atoms with Gasteiger partial charge in [0.2, 0.25) is 0 Å². The highest BCUT2D eigenvalue weighted by atomic mass is 32.1. The first-order valence-corrected chi connectivity index (χ1v) is 7.09. The average Bonchev–Trinajstić information content (AvgIpc) is 2.85. The molecule has 1 aromatic heterocycles. The Morgan fingerprint density at radius 3 is 2.55 bits per heavy atom. The topological polar surface area (TPSA) is 33.1 Å². The van der Waals surface area contributed by atoms with E-state index < -0.39 is 0 Å². The minimum atomic E-state index is 0.704. The largest absolute Gasteiger partial charge is 0.346 e. The zero-order valence-corrected chi connectivity index (χ0v) is 12.9. The predicted octanol–water partition coefficient (Wildman–Crippen LogP) is 2.81. The maximum atomic E-state index is 5.42. The van der Waals surface area contributed by atoms with Crippen molar-refractivity contribution in [1.82, 2.24) is 14.7 Å². The van der Waals surface area contributed by atoms with Crippen LogP contribution in [-0.4, -0.2) is 26.8 Å². The van der Waals surface area contributed by atoms with E-state index in [1.165, 1.54) is 5.56 Å². The molecule has 0 aliphatic heterocycles. The van der Waals surface area contributed by atoms with Gasteiger partial charge in [0.05, 0.1) is 12.2 Å². The summed E-state index contributed by atoms with van der Waals surface area (Å²) in [6, 6.07) is 10.3. The van der Waals surface area contributed by atoms with Crippen LogP contribution < -0.4 is 5.32 Å². The third-order valence-corrected chi connectivity index (χ3v) is 3.70. The molecule has 4 nitrogen and oxygen atoms in total. The van der Waals surface area contributed by atoms with Gasteiger partial charge in [0.25, 0.3) is 0 Å². The van der Waals surface area contributed by atoms with Crippen molar-refractivity contribution >= 4 is 23.0 Å². The van der Waals surface area contributed by atoms with Crippen LogP contribution in [0.2, 0.25) is 0 Å². The lowest BCUT2D eigenvalue weighted by molar-refractivity contribution is 0.482. The van der Waals surface area contributed by atoms with E-state index in [1.807, 2.05) is 29.7 Å². The summed E-state index contributed by atoms with van der Waals surface area (Å²) in [5.41, 5.74) is 3.46. The van der Waals surface area contributed by atoms with Crippen LogP contribution in [0.1, 0.15) is 18.2 Å². The van der Waals surface area contributed by atoms with Gasteiger partial charge < -0.3 is 10.2 Å². The maximum Gasteiger partial charge on any atom is 0.173 e. The van der Waals surface area contributed by atoms with E-state index in [2.05, 4.69) is 41.6 Å². The summed E-state index contributed by atoms with van der Waals surface area (Å²) in [5, 5.41) is 8.12. The van der Waals surface area contributed by atoms with E-state index in [0.717, 1.165) is 24.3 Å². The maximum absolute atomic E-state index is 5.42. The average molecular weight is 288 g/mol. The quantitative estimate of drug-likeness (QED) is 0.877. The highest BCUT2D eigenvalue weighted by Crippen LogP contribution is 2.11. The first-order valence-electron chi connectivity index (χ1n) is 6.68. The predicted molar refractivity (Wildman–Crippen MR) is 86.7 cm³/mol. The van der Waals surface area contributed by atoms with Crippen LogP contribution in [0.4, 0.5) is 5.69 Å². The second-order valence-corrected chi connectivity index (χ2v) is 5.17. The molecule has 1 aromatic carbocycles. The minimum Gasteiger partial charge on any atom is -0.346 e. The van der Waals surface area contributed by atoms with Crippen LogP contribution in [-0.2, 0) is 20.0 Å². The molecule has 106 valence electrons. The molecule has 0 saturated heterocycles. The van der Waals surface area contributed by atoms with Gasteiger partial charge >= 0.3 is 0 Å². The van der Waals surface area contributed by atoms with Crippen molar-refractivity contribution < 1.29 is 0 Å². The van der Waals surface area contributed by atoms with E-state index in [1.54, 1.807) is 6.20 Å². The molecule has 1 heterocycles. The van der Waals surface area contributed by atoms with Crippen LogP contribution in [0.5, 0.6) is 0 Å². The highest BCUT2D eigenvalue weighted by molar-refractivity contribution is 7.80. The first-order chi connectivity index (χ1) is 9.60. The zero-order valence-electron chi connectivity index (χ0n) is 12.1. The lowest BCUT2D eigenvalue weighted by atomic mass is 10.1. The van der Waals surface area contributed by atoms with Crippen molar-refractivity contribution in [3.05, 3.63) is 47.8 Å². The number of aromatic nitrogens is 2. The Kier molecular flexibility index (Phi) is 4.74. The molecule has 20 heavy (non-hydrogen) atoms. The van der Waals surface area contributed by atoms with Gasteiger partial charge in [-0.25, -0.2) is 0 Å². The van der Waals surface area contributed by atoms with E-state index in [4.69, 9.17) is 12.2 Å². The number of nitrogens with one attached hydrogen (secondary N) is 1. The summed E-state index contributed by atoms with van der Waals surface area (Å²) in [4.78, 5) is 2.00. The number of aryl methyl sites for hydroxylation is 2. The summed E-state index contributed by atoms with van der Waals surface area (Å²) in [6.45, 7) is 2.88. The van der Waals surface area contributed by atoms with Crippen LogP contribution in [0.25, 0.3) is 0 Å². The van der Waals surface area contributed by atoms with Gasteiger partial charge in [-0.15, -0.1) is 0 Å². The number of anilines is 1. The van der Waals surface area contributed by atoms with Crippen LogP contribution in [0.15, 0.2) is 36.5 Å². The standard InChI is InChI=1S/C15H20N4S/c1-4-12-5-7-13(8-6-12)17-15(20)18(2)11-14-9-10-16-19(14)3/h5-10H,4,11H2,1-3H3,(H,17,20). The van der Waals surface area contributed by atoms with Gasteiger partial charge in [0, 0.05) is 26.0 Å². The van der Waals surface area contributed by atoms with Gasteiger partial charge in [-0.2, -0.15) is 5.10 Å². The molecule has 0 atom stereocenters. The van der Waals surface area contributed by atoms with E-state index in [9.17, 15) is 0 Å². The molecular weight excluding hydrogens is 268 g/mol. The minimum absolute atomic E-state index is 0.704. The van der Waals surface area contributed by atoms with E-state index in [-0.39, 0.29) is 0 Å². The highest BCUT2D eigenvalue weighted by Gasteiger charge is 2.07. The number of nitrogens with zero attached hydrogens (tertiary/aromatic N) is 3. The van der Waals surface area contributed by atoms with Crippen molar-refractivity contribution in [1.29, 1.82) is 0 Å². The monoisotopic (exact) mass is 288 g/mol. The molecule has 0 saturated carbocycles. The Labute approximate surface area is 125 Å². The van der Waals surface area contributed by atoms with Crippen LogP contribution >= 0.6 is 12.2 Å². The van der Waals surface area contributed by atoms with Crippen molar-refractivity contribution in [3.8, 4) is 0 Å². The summed E-state index contributed by atoms with van der Waals surface area (Å²) >= 11 is 5.42. The molecule has 0 radical (unpaired) electrons. The SMILES string of the molecule is CCc1ccc(NC(=S)N(C)Cc2ccnn2C)cc1. The van der Waals surface area contributed by atoms with E-state index >= 15 is 0 Å². The summed E-state index contributed by atoms with van der Waals surface area (Å²) in [6.07, 6.45) is 2.84. The molecule has 0 aliphatic carbocycles. The lowest BCUT2D eigenvalue weighted by Gasteiger charge is -2.21. The smallest absolute Gasteiger partial charge is 0.173 e. The fourth-order valence-electron chi connectivity index (χ4n) is 1.91.